The Morgan fingerprint density at radius 3 is 2.75 bits per heavy atom. The molecule has 2 aliphatic rings. The van der Waals surface area contributed by atoms with E-state index in [0.717, 1.165) is 12.5 Å². The number of rotatable bonds is 5. The Balaban J connectivity index is 1.66. The quantitative estimate of drug-likeness (QED) is 0.626. The fraction of sp³-hybridized carbons (Fsp3) is 1.00. The summed E-state index contributed by atoms with van der Waals surface area (Å²) < 4.78 is 24.2. The van der Waals surface area contributed by atoms with Crippen LogP contribution in [0, 0.1) is 5.92 Å². The molecule has 0 amide bonds. The number of hydrogen-bond donors (Lipinski definition) is 2. The summed E-state index contributed by atoms with van der Waals surface area (Å²) in [7, 11) is -3.04. The lowest BCUT2D eigenvalue weighted by molar-refractivity contribution is 0.222. The molecule has 2 bridgehead atoms. The summed E-state index contributed by atoms with van der Waals surface area (Å²) in [6.45, 7) is 4.87. The Labute approximate surface area is 97.6 Å². The molecule has 0 spiro atoms. The molecular formula is C10H21N3O2S. The highest BCUT2D eigenvalue weighted by Gasteiger charge is 2.33. The van der Waals surface area contributed by atoms with Crippen molar-refractivity contribution in [3.05, 3.63) is 0 Å². The van der Waals surface area contributed by atoms with E-state index in [9.17, 15) is 8.42 Å². The molecule has 0 saturated carbocycles. The van der Waals surface area contributed by atoms with Gasteiger partial charge in [-0.2, -0.15) is 0 Å². The number of sulfonamides is 1. The molecule has 0 aromatic rings. The molecule has 0 radical (unpaired) electrons. The predicted molar refractivity (Wildman–Crippen MR) is 63.8 cm³/mol. The molecule has 2 fully saturated rings. The minimum absolute atomic E-state index is 0.492. The second kappa shape index (κ2) is 5.00. The van der Waals surface area contributed by atoms with Gasteiger partial charge in [-0.15, -0.1) is 0 Å². The summed E-state index contributed by atoms with van der Waals surface area (Å²) in [6, 6.07) is 0.583. The lowest BCUT2D eigenvalue weighted by Crippen LogP contribution is -2.46. The summed E-state index contributed by atoms with van der Waals surface area (Å²) in [5, 5.41) is 3.47. The Morgan fingerprint density at radius 1 is 1.25 bits per heavy atom. The van der Waals surface area contributed by atoms with Crippen LogP contribution in [0.3, 0.4) is 0 Å². The van der Waals surface area contributed by atoms with Crippen molar-refractivity contribution in [2.75, 3.05) is 39.0 Å². The highest BCUT2D eigenvalue weighted by atomic mass is 32.2. The monoisotopic (exact) mass is 247 g/mol. The molecule has 16 heavy (non-hydrogen) atoms. The van der Waals surface area contributed by atoms with Crippen LogP contribution in [0.25, 0.3) is 0 Å². The van der Waals surface area contributed by atoms with Crippen molar-refractivity contribution in [1.29, 1.82) is 0 Å². The third kappa shape index (κ3) is 3.41. The van der Waals surface area contributed by atoms with Crippen molar-refractivity contribution in [3.63, 3.8) is 0 Å². The number of hydrogen-bond acceptors (Lipinski definition) is 4. The Hall–Kier alpha value is -0.170. The zero-order valence-electron chi connectivity index (χ0n) is 9.78. The minimum atomic E-state index is -3.04. The van der Waals surface area contributed by atoms with Gasteiger partial charge in [-0.05, 0) is 31.8 Å². The van der Waals surface area contributed by atoms with E-state index in [1.165, 1.54) is 38.7 Å². The van der Waals surface area contributed by atoms with Crippen LogP contribution in [-0.2, 0) is 10.0 Å². The zero-order valence-corrected chi connectivity index (χ0v) is 10.6. The highest BCUT2D eigenvalue weighted by Crippen LogP contribution is 2.26. The van der Waals surface area contributed by atoms with Crippen LogP contribution in [0.4, 0.5) is 0 Å². The van der Waals surface area contributed by atoms with Gasteiger partial charge < -0.3 is 10.2 Å². The van der Waals surface area contributed by atoms with Gasteiger partial charge in [-0.1, -0.05) is 0 Å². The second-order valence-electron chi connectivity index (χ2n) is 4.87. The first-order valence-electron chi connectivity index (χ1n) is 5.95. The van der Waals surface area contributed by atoms with Crippen LogP contribution in [0.5, 0.6) is 0 Å². The van der Waals surface area contributed by atoms with Gasteiger partial charge in [0.05, 0.1) is 6.26 Å². The zero-order chi connectivity index (χ0) is 11.6. The van der Waals surface area contributed by atoms with Gasteiger partial charge in [0.1, 0.15) is 0 Å². The maximum absolute atomic E-state index is 10.9. The predicted octanol–water partition coefficient (Wildman–Crippen LogP) is -0.781. The third-order valence-electron chi connectivity index (χ3n) is 3.53. The molecule has 2 aliphatic heterocycles. The summed E-state index contributed by atoms with van der Waals surface area (Å²) in [5.41, 5.74) is 0. The van der Waals surface area contributed by atoms with Crippen molar-refractivity contribution in [2.45, 2.75) is 18.9 Å². The molecule has 0 aromatic heterocycles. The van der Waals surface area contributed by atoms with Gasteiger partial charge in [0.2, 0.25) is 10.0 Å². The molecule has 2 saturated heterocycles. The van der Waals surface area contributed by atoms with Crippen molar-refractivity contribution < 1.29 is 8.42 Å². The molecule has 5 nitrogen and oxygen atoms in total. The number of nitrogens with zero attached hydrogens (tertiary/aromatic N) is 1. The van der Waals surface area contributed by atoms with E-state index >= 15 is 0 Å². The summed E-state index contributed by atoms with van der Waals surface area (Å²) in [5.74, 6) is 0.770. The van der Waals surface area contributed by atoms with Crippen LogP contribution in [0.15, 0.2) is 0 Å². The van der Waals surface area contributed by atoms with E-state index in [4.69, 9.17) is 0 Å². The number of nitrogens with one attached hydrogen (secondary N) is 2. The lowest BCUT2D eigenvalue weighted by atomic mass is 9.94. The van der Waals surface area contributed by atoms with E-state index in [0.29, 0.717) is 12.6 Å². The van der Waals surface area contributed by atoms with Crippen LogP contribution in [0.1, 0.15) is 12.8 Å². The molecule has 2 heterocycles. The van der Waals surface area contributed by atoms with Crippen molar-refractivity contribution in [1.82, 2.24) is 14.9 Å². The molecule has 0 aromatic carbocycles. The minimum Gasteiger partial charge on any atom is -0.312 e. The molecule has 3 unspecified atom stereocenters. The Morgan fingerprint density at radius 2 is 2.00 bits per heavy atom. The Bertz CT molecular complexity index is 331. The van der Waals surface area contributed by atoms with Crippen molar-refractivity contribution in [2.24, 2.45) is 5.92 Å². The average Bonchev–Trinajstić information content (AvgIpc) is 2.57. The lowest BCUT2D eigenvalue weighted by Gasteiger charge is -2.31. The van der Waals surface area contributed by atoms with E-state index in [2.05, 4.69) is 14.9 Å². The normalized spacial score (nSPS) is 34.2. The topological polar surface area (TPSA) is 61.4 Å². The number of fused-ring (bicyclic) bond motifs is 2. The first-order valence-corrected chi connectivity index (χ1v) is 7.84. The van der Waals surface area contributed by atoms with Crippen LogP contribution in [0.2, 0.25) is 0 Å². The van der Waals surface area contributed by atoms with E-state index in [-0.39, 0.29) is 0 Å². The Kier molecular flexibility index (Phi) is 3.84. The first kappa shape index (κ1) is 12.3. The summed E-state index contributed by atoms with van der Waals surface area (Å²) in [6.07, 6.45) is 3.68. The van der Waals surface area contributed by atoms with Gasteiger partial charge in [0.15, 0.2) is 0 Å². The van der Waals surface area contributed by atoms with Gasteiger partial charge in [-0.25, -0.2) is 13.1 Å². The largest absolute Gasteiger partial charge is 0.312 e. The van der Waals surface area contributed by atoms with Gasteiger partial charge in [0, 0.05) is 25.7 Å². The fourth-order valence-corrected chi connectivity index (χ4v) is 3.19. The van der Waals surface area contributed by atoms with Crippen LogP contribution in [-0.4, -0.2) is 58.3 Å². The SMILES string of the molecule is CS(=O)(=O)NCCNC1CCN2CCC1C2. The third-order valence-corrected chi connectivity index (χ3v) is 4.26. The van der Waals surface area contributed by atoms with Crippen molar-refractivity contribution in [3.8, 4) is 0 Å². The molecular weight excluding hydrogens is 226 g/mol. The van der Waals surface area contributed by atoms with E-state index in [1.807, 2.05) is 0 Å². The standard InChI is InChI=1S/C10H21N3O2S/c1-16(14,15)12-5-4-11-10-3-7-13-6-2-9(10)8-13/h9-12H,2-8H2,1H3. The van der Waals surface area contributed by atoms with Gasteiger partial charge in [0.25, 0.3) is 0 Å². The summed E-state index contributed by atoms with van der Waals surface area (Å²) in [4.78, 5) is 2.51. The molecule has 94 valence electrons. The molecule has 2 rings (SSSR count). The molecule has 0 aliphatic carbocycles. The maximum Gasteiger partial charge on any atom is 0.208 e. The molecule has 6 heteroatoms. The first-order chi connectivity index (χ1) is 7.54. The van der Waals surface area contributed by atoms with Crippen LogP contribution < -0.4 is 10.0 Å². The fourth-order valence-electron chi connectivity index (χ4n) is 2.71. The second-order valence-corrected chi connectivity index (χ2v) is 6.70. The number of piperidine rings is 1. The molecule has 2 N–H and O–H groups in total. The van der Waals surface area contributed by atoms with Gasteiger partial charge >= 0.3 is 0 Å². The summed E-state index contributed by atoms with van der Waals surface area (Å²) >= 11 is 0. The smallest absolute Gasteiger partial charge is 0.208 e. The molecule has 3 atom stereocenters. The van der Waals surface area contributed by atoms with Gasteiger partial charge in [-0.3, -0.25) is 0 Å². The van der Waals surface area contributed by atoms with Crippen LogP contribution >= 0.6 is 0 Å². The van der Waals surface area contributed by atoms with Crippen molar-refractivity contribution >= 4 is 10.0 Å². The van der Waals surface area contributed by atoms with E-state index < -0.39 is 10.0 Å². The highest BCUT2D eigenvalue weighted by molar-refractivity contribution is 7.88. The average molecular weight is 247 g/mol. The van der Waals surface area contributed by atoms with E-state index in [1.54, 1.807) is 0 Å². The maximum atomic E-state index is 10.9.